The number of hydrogen-bond donors (Lipinski definition) is 1. The Bertz CT molecular complexity index is 453. The molecular formula is C11H19NO7S. The maximum atomic E-state index is 11.7. The van der Waals surface area contributed by atoms with Gasteiger partial charge in [0, 0.05) is 6.26 Å². The first-order chi connectivity index (χ1) is 9.15. The highest BCUT2D eigenvalue weighted by molar-refractivity contribution is 7.92. The standard InChI is InChI=1S/C11H19NO7S/c1-5-18-10(14)8(11(15)19-6-2)12-9(13)7(3)20(4,16)17/h7-8H,5-6H2,1-4H3,(H,12,13). The lowest BCUT2D eigenvalue weighted by atomic mass is 10.3. The number of hydrogen-bond acceptors (Lipinski definition) is 7. The van der Waals surface area contributed by atoms with E-state index in [1.54, 1.807) is 0 Å². The minimum absolute atomic E-state index is 0.00619. The minimum atomic E-state index is -3.64. The van der Waals surface area contributed by atoms with Gasteiger partial charge in [-0.2, -0.15) is 0 Å². The molecule has 0 aliphatic heterocycles. The third kappa shape index (κ3) is 5.55. The molecule has 0 fully saturated rings. The van der Waals surface area contributed by atoms with Crippen LogP contribution < -0.4 is 5.32 Å². The quantitative estimate of drug-likeness (QED) is 0.475. The number of esters is 2. The average molecular weight is 309 g/mol. The Labute approximate surface area is 117 Å². The molecule has 0 aromatic carbocycles. The molecule has 9 heteroatoms. The lowest BCUT2D eigenvalue weighted by Crippen LogP contribution is -2.51. The highest BCUT2D eigenvalue weighted by Crippen LogP contribution is 2.01. The number of carbonyl (C=O) groups excluding carboxylic acids is 3. The van der Waals surface area contributed by atoms with Gasteiger partial charge in [0.1, 0.15) is 5.25 Å². The zero-order valence-corrected chi connectivity index (χ0v) is 12.7. The van der Waals surface area contributed by atoms with Gasteiger partial charge in [0.15, 0.2) is 9.84 Å². The van der Waals surface area contributed by atoms with Crippen LogP contribution in [-0.4, -0.2) is 57.0 Å². The Morgan fingerprint density at radius 3 is 1.75 bits per heavy atom. The second-order valence-electron chi connectivity index (χ2n) is 3.92. The summed E-state index contributed by atoms with van der Waals surface area (Å²) in [6, 6.07) is -1.67. The molecule has 0 spiro atoms. The van der Waals surface area contributed by atoms with Crippen molar-refractivity contribution in [2.45, 2.75) is 32.1 Å². The van der Waals surface area contributed by atoms with Crippen molar-refractivity contribution in [2.75, 3.05) is 19.5 Å². The van der Waals surface area contributed by atoms with Gasteiger partial charge in [-0.1, -0.05) is 0 Å². The van der Waals surface area contributed by atoms with Gasteiger partial charge >= 0.3 is 11.9 Å². The van der Waals surface area contributed by atoms with E-state index < -0.39 is 39.0 Å². The minimum Gasteiger partial charge on any atom is -0.464 e. The van der Waals surface area contributed by atoms with Crippen LogP contribution in [-0.2, 0) is 33.7 Å². The van der Waals surface area contributed by atoms with E-state index >= 15 is 0 Å². The summed E-state index contributed by atoms with van der Waals surface area (Å²) < 4.78 is 31.8. The molecule has 8 nitrogen and oxygen atoms in total. The summed E-state index contributed by atoms with van der Waals surface area (Å²) in [7, 11) is -3.64. The van der Waals surface area contributed by atoms with E-state index in [1.165, 1.54) is 13.8 Å². The Morgan fingerprint density at radius 1 is 1.05 bits per heavy atom. The van der Waals surface area contributed by atoms with Crippen LogP contribution in [0.15, 0.2) is 0 Å². The summed E-state index contributed by atoms with van der Waals surface area (Å²) >= 11 is 0. The van der Waals surface area contributed by atoms with Crippen molar-refractivity contribution in [3.8, 4) is 0 Å². The van der Waals surface area contributed by atoms with E-state index in [1.807, 2.05) is 5.32 Å². The molecule has 1 amide bonds. The Balaban J connectivity index is 5.03. The number of rotatable bonds is 7. The zero-order valence-electron chi connectivity index (χ0n) is 11.8. The van der Waals surface area contributed by atoms with Gasteiger partial charge in [-0.3, -0.25) is 4.79 Å². The largest absolute Gasteiger partial charge is 0.464 e. The highest BCUT2D eigenvalue weighted by atomic mass is 32.2. The molecule has 20 heavy (non-hydrogen) atoms. The van der Waals surface area contributed by atoms with Crippen molar-refractivity contribution in [3.05, 3.63) is 0 Å². The molecule has 0 aromatic rings. The van der Waals surface area contributed by atoms with Crippen molar-refractivity contribution in [3.63, 3.8) is 0 Å². The fourth-order valence-corrected chi connectivity index (χ4v) is 1.58. The van der Waals surface area contributed by atoms with Gasteiger partial charge < -0.3 is 14.8 Å². The van der Waals surface area contributed by atoms with Crippen molar-refractivity contribution in [2.24, 2.45) is 0 Å². The van der Waals surface area contributed by atoms with Crippen molar-refractivity contribution in [1.82, 2.24) is 5.32 Å². The Hall–Kier alpha value is -1.64. The lowest BCUT2D eigenvalue weighted by Gasteiger charge is -2.17. The van der Waals surface area contributed by atoms with E-state index in [2.05, 4.69) is 9.47 Å². The molecule has 1 unspecified atom stereocenters. The van der Waals surface area contributed by atoms with Crippen LogP contribution in [0.5, 0.6) is 0 Å². The van der Waals surface area contributed by atoms with Crippen molar-refractivity contribution in [1.29, 1.82) is 0 Å². The van der Waals surface area contributed by atoms with Gasteiger partial charge in [-0.05, 0) is 20.8 Å². The molecule has 0 rings (SSSR count). The first-order valence-corrected chi connectivity index (χ1v) is 7.93. The molecule has 0 heterocycles. The van der Waals surface area contributed by atoms with E-state index in [-0.39, 0.29) is 13.2 Å². The molecule has 0 saturated heterocycles. The van der Waals surface area contributed by atoms with Gasteiger partial charge in [0.2, 0.25) is 11.9 Å². The SMILES string of the molecule is CCOC(=O)C(NC(=O)C(C)S(C)(=O)=O)C(=O)OCC. The second-order valence-corrected chi connectivity index (χ2v) is 6.28. The third-order valence-electron chi connectivity index (χ3n) is 2.34. The first kappa shape index (κ1) is 18.4. The van der Waals surface area contributed by atoms with E-state index in [0.717, 1.165) is 13.2 Å². The predicted molar refractivity (Wildman–Crippen MR) is 69.5 cm³/mol. The molecule has 0 aromatic heterocycles. The molecule has 0 bridgehead atoms. The van der Waals surface area contributed by atoms with Crippen LogP contribution in [0.2, 0.25) is 0 Å². The second kappa shape index (κ2) is 7.83. The molecule has 1 N–H and O–H groups in total. The van der Waals surface area contributed by atoms with E-state index in [9.17, 15) is 22.8 Å². The van der Waals surface area contributed by atoms with Gasteiger partial charge in [-0.25, -0.2) is 18.0 Å². The fourth-order valence-electron chi connectivity index (χ4n) is 1.12. The number of nitrogens with one attached hydrogen (secondary N) is 1. The maximum absolute atomic E-state index is 11.7. The van der Waals surface area contributed by atoms with E-state index in [4.69, 9.17) is 0 Å². The molecule has 0 saturated carbocycles. The third-order valence-corrected chi connectivity index (χ3v) is 3.84. The molecule has 0 radical (unpaired) electrons. The van der Waals surface area contributed by atoms with Gasteiger partial charge in [-0.15, -0.1) is 0 Å². The van der Waals surface area contributed by atoms with Gasteiger partial charge in [0.05, 0.1) is 13.2 Å². The van der Waals surface area contributed by atoms with Crippen LogP contribution in [0.25, 0.3) is 0 Å². The van der Waals surface area contributed by atoms with Crippen molar-refractivity contribution < 1.29 is 32.3 Å². The van der Waals surface area contributed by atoms with Gasteiger partial charge in [0.25, 0.3) is 0 Å². The van der Waals surface area contributed by atoms with Crippen LogP contribution in [0.3, 0.4) is 0 Å². The summed E-state index contributed by atoms with van der Waals surface area (Å²) in [6.07, 6.45) is 0.876. The predicted octanol–water partition coefficient (Wildman–Crippen LogP) is -0.969. The molecular weight excluding hydrogens is 290 g/mol. The summed E-state index contributed by atoms with van der Waals surface area (Å²) in [5, 5.41) is 0.631. The Kier molecular flexibility index (Phi) is 7.19. The summed E-state index contributed by atoms with van der Waals surface area (Å²) in [5.74, 6) is -2.97. The molecule has 1 atom stereocenters. The number of ether oxygens (including phenoxy) is 2. The van der Waals surface area contributed by atoms with Crippen LogP contribution >= 0.6 is 0 Å². The summed E-state index contributed by atoms with van der Waals surface area (Å²) in [6.45, 7) is 4.22. The highest BCUT2D eigenvalue weighted by Gasteiger charge is 2.34. The normalized spacial score (nSPS) is 12.7. The Morgan fingerprint density at radius 2 is 1.45 bits per heavy atom. The summed E-state index contributed by atoms with van der Waals surface area (Å²) in [4.78, 5) is 34.9. The van der Waals surface area contributed by atoms with Crippen LogP contribution in [0.1, 0.15) is 20.8 Å². The van der Waals surface area contributed by atoms with Crippen LogP contribution in [0, 0.1) is 0 Å². The number of sulfone groups is 1. The smallest absolute Gasteiger partial charge is 0.340 e. The van der Waals surface area contributed by atoms with Crippen LogP contribution in [0.4, 0.5) is 0 Å². The first-order valence-electron chi connectivity index (χ1n) is 5.97. The topological polar surface area (TPSA) is 116 Å². The zero-order chi connectivity index (χ0) is 15.9. The molecule has 0 aliphatic rings. The summed E-state index contributed by atoms with van der Waals surface area (Å²) in [5.41, 5.74) is 0. The average Bonchev–Trinajstić information content (AvgIpc) is 2.33. The maximum Gasteiger partial charge on any atom is 0.340 e. The molecule has 116 valence electrons. The lowest BCUT2D eigenvalue weighted by molar-refractivity contribution is -0.159. The van der Waals surface area contributed by atoms with Crippen molar-refractivity contribution >= 4 is 27.7 Å². The number of amides is 1. The van der Waals surface area contributed by atoms with E-state index in [0.29, 0.717) is 0 Å². The molecule has 0 aliphatic carbocycles. The number of carbonyl (C=O) groups is 3. The monoisotopic (exact) mass is 309 g/mol. The fraction of sp³-hybridized carbons (Fsp3) is 0.727.